The van der Waals surface area contributed by atoms with Crippen molar-refractivity contribution in [1.29, 1.82) is 0 Å². The Labute approximate surface area is 211 Å². The minimum absolute atomic E-state index is 0.0767. The van der Waals surface area contributed by atoms with Crippen molar-refractivity contribution in [3.8, 4) is 11.5 Å². The zero-order valence-corrected chi connectivity index (χ0v) is 21.3. The van der Waals surface area contributed by atoms with Gasteiger partial charge in [0.1, 0.15) is 11.5 Å². The van der Waals surface area contributed by atoms with E-state index >= 15 is 0 Å². The number of ether oxygens (including phenoxy) is 2. The second-order valence-electron chi connectivity index (χ2n) is 9.59. The van der Waals surface area contributed by atoms with Crippen LogP contribution in [0.3, 0.4) is 0 Å². The van der Waals surface area contributed by atoms with Crippen LogP contribution < -0.4 is 20.1 Å². The number of rotatable bonds is 8. The molecule has 3 rings (SSSR count). The normalized spacial score (nSPS) is 10.9. The van der Waals surface area contributed by atoms with E-state index in [9.17, 15) is 14.4 Å². The molecule has 7 nitrogen and oxygen atoms in total. The van der Waals surface area contributed by atoms with E-state index in [1.807, 2.05) is 31.2 Å². The lowest BCUT2D eigenvalue weighted by molar-refractivity contribution is -0.131. The number of nitrogens with one attached hydrogen (secondary N) is 2. The van der Waals surface area contributed by atoms with E-state index in [4.69, 9.17) is 9.47 Å². The first-order valence-electron chi connectivity index (χ1n) is 11.7. The first kappa shape index (κ1) is 26.5. The molecule has 0 unspecified atom stereocenters. The molecule has 7 heteroatoms. The Morgan fingerprint density at radius 1 is 0.917 bits per heavy atom. The number of benzene rings is 3. The lowest BCUT2D eigenvalue weighted by Gasteiger charge is -2.23. The Kier molecular flexibility index (Phi) is 8.48. The van der Waals surface area contributed by atoms with Crippen molar-refractivity contribution in [2.24, 2.45) is 0 Å². The summed E-state index contributed by atoms with van der Waals surface area (Å²) in [7, 11) is 0. The Bertz CT molecular complexity index is 1240. The molecule has 0 aromatic heterocycles. The molecular formula is C29H32N2O5. The van der Waals surface area contributed by atoms with Crippen LogP contribution >= 0.6 is 0 Å². The van der Waals surface area contributed by atoms with Gasteiger partial charge in [-0.15, -0.1) is 0 Å². The third-order valence-electron chi connectivity index (χ3n) is 5.36. The van der Waals surface area contributed by atoms with Gasteiger partial charge in [-0.25, -0.2) is 0 Å². The smallest absolute Gasteiger partial charge is 0.308 e. The van der Waals surface area contributed by atoms with Gasteiger partial charge in [-0.1, -0.05) is 56.7 Å². The maximum atomic E-state index is 12.5. The summed E-state index contributed by atoms with van der Waals surface area (Å²) in [6, 6.07) is 19.5. The van der Waals surface area contributed by atoms with Crippen molar-refractivity contribution in [2.45, 2.75) is 46.6 Å². The molecule has 0 spiro atoms. The molecule has 0 radical (unpaired) electrons. The van der Waals surface area contributed by atoms with E-state index in [1.54, 1.807) is 30.3 Å². The monoisotopic (exact) mass is 488 g/mol. The van der Waals surface area contributed by atoms with Crippen LogP contribution in [0.25, 0.3) is 0 Å². The molecule has 0 heterocycles. The van der Waals surface area contributed by atoms with Crippen LogP contribution in [-0.2, 0) is 21.5 Å². The minimum Gasteiger partial charge on any atom is -0.483 e. The molecule has 2 N–H and O–H groups in total. The van der Waals surface area contributed by atoms with E-state index in [0.29, 0.717) is 29.3 Å². The summed E-state index contributed by atoms with van der Waals surface area (Å²) in [5.41, 5.74) is 3.96. The van der Waals surface area contributed by atoms with E-state index in [2.05, 4.69) is 37.5 Å². The molecule has 0 saturated heterocycles. The number of carbonyl (C=O) groups excluding carboxylic acids is 3. The summed E-state index contributed by atoms with van der Waals surface area (Å²) in [6.45, 7) is 9.93. The van der Waals surface area contributed by atoms with Crippen LogP contribution in [0.2, 0.25) is 0 Å². The van der Waals surface area contributed by atoms with E-state index in [0.717, 1.165) is 16.7 Å². The van der Waals surface area contributed by atoms with Gasteiger partial charge in [0, 0.05) is 24.7 Å². The number of aryl methyl sites for hydroxylation is 1. The highest BCUT2D eigenvalue weighted by molar-refractivity contribution is 6.04. The van der Waals surface area contributed by atoms with Crippen LogP contribution in [0.15, 0.2) is 66.7 Å². The molecule has 0 aliphatic heterocycles. The second-order valence-corrected chi connectivity index (χ2v) is 9.59. The number of hydrogen-bond donors (Lipinski definition) is 2. The topological polar surface area (TPSA) is 93.7 Å². The molecule has 0 aliphatic rings. The fourth-order valence-corrected chi connectivity index (χ4v) is 3.53. The zero-order chi connectivity index (χ0) is 26.3. The zero-order valence-electron chi connectivity index (χ0n) is 21.3. The third-order valence-corrected chi connectivity index (χ3v) is 5.36. The minimum atomic E-state index is -0.452. The first-order valence-corrected chi connectivity index (χ1v) is 11.7. The van der Waals surface area contributed by atoms with Gasteiger partial charge in [-0.2, -0.15) is 0 Å². The molecule has 0 aliphatic carbocycles. The summed E-state index contributed by atoms with van der Waals surface area (Å²) in [5.74, 6) is 0.0176. The number of carbonyl (C=O) groups is 3. The Hall–Kier alpha value is -4.13. The first-order chi connectivity index (χ1) is 17.0. The Balaban J connectivity index is 1.51. The SMILES string of the molecule is CC(=O)Oc1cccc(C(=O)Nc2ccc(CNC(=O)COc3ccc(C)cc3C(C)(C)C)cc2)c1. The van der Waals surface area contributed by atoms with Crippen LogP contribution in [0.5, 0.6) is 11.5 Å². The molecular weight excluding hydrogens is 456 g/mol. The van der Waals surface area contributed by atoms with Crippen LogP contribution in [0.4, 0.5) is 5.69 Å². The summed E-state index contributed by atoms with van der Waals surface area (Å²) in [5, 5.41) is 5.66. The molecule has 0 atom stereocenters. The van der Waals surface area contributed by atoms with Crippen molar-refractivity contribution in [1.82, 2.24) is 5.32 Å². The van der Waals surface area contributed by atoms with Gasteiger partial charge < -0.3 is 20.1 Å². The van der Waals surface area contributed by atoms with Crippen LogP contribution in [0, 0.1) is 6.92 Å². The van der Waals surface area contributed by atoms with Gasteiger partial charge in [0.05, 0.1) is 0 Å². The highest BCUT2D eigenvalue weighted by Gasteiger charge is 2.19. The van der Waals surface area contributed by atoms with E-state index in [1.165, 1.54) is 13.0 Å². The average Bonchev–Trinajstić information content (AvgIpc) is 2.82. The predicted octanol–water partition coefficient (Wildman–Crippen LogP) is 5.17. The van der Waals surface area contributed by atoms with Gasteiger partial charge in [-0.3, -0.25) is 14.4 Å². The quantitative estimate of drug-likeness (QED) is 0.337. The standard InChI is InChI=1S/C29H32N2O5/c1-19-9-14-26(25(15-19)29(3,4)5)35-18-27(33)30-17-21-10-12-23(13-11-21)31-28(34)22-7-6-8-24(16-22)36-20(2)32/h6-16H,17-18H2,1-5H3,(H,30,33)(H,31,34). The lowest BCUT2D eigenvalue weighted by atomic mass is 9.85. The van der Waals surface area contributed by atoms with Gasteiger partial charge >= 0.3 is 5.97 Å². The highest BCUT2D eigenvalue weighted by Crippen LogP contribution is 2.32. The summed E-state index contributed by atoms with van der Waals surface area (Å²) in [4.78, 5) is 36.0. The van der Waals surface area contributed by atoms with Crippen molar-refractivity contribution in [2.75, 3.05) is 11.9 Å². The Morgan fingerprint density at radius 3 is 2.31 bits per heavy atom. The summed E-state index contributed by atoms with van der Waals surface area (Å²) < 4.78 is 10.8. The van der Waals surface area contributed by atoms with Gasteiger partial charge in [-0.05, 0) is 59.9 Å². The number of hydrogen-bond acceptors (Lipinski definition) is 5. The fraction of sp³-hybridized carbons (Fsp3) is 0.276. The molecule has 188 valence electrons. The maximum Gasteiger partial charge on any atom is 0.308 e. The fourth-order valence-electron chi connectivity index (χ4n) is 3.53. The molecule has 0 bridgehead atoms. The van der Waals surface area contributed by atoms with Gasteiger partial charge in [0.25, 0.3) is 11.8 Å². The predicted molar refractivity (Wildman–Crippen MR) is 139 cm³/mol. The summed E-state index contributed by atoms with van der Waals surface area (Å²) in [6.07, 6.45) is 0. The van der Waals surface area contributed by atoms with Crippen molar-refractivity contribution >= 4 is 23.5 Å². The maximum absolute atomic E-state index is 12.5. The lowest BCUT2D eigenvalue weighted by Crippen LogP contribution is -2.29. The van der Waals surface area contributed by atoms with Crippen molar-refractivity contribution in [3.63, 3.8) is 0 Å². The average molecular weight is 489 g/mol. The Morgan fingerprint density at radius 2 is 1.64 bits per heavy atom. The van der Waals surface area contributed by atoms with E-state index in [-0.39, 0.29) is 23.8 Å². The molecule has 0 saturated carbocycles. The molecule has 36 heavy (non-hydrogen) atoms. The molecule has 0 fully saturated rings. The molecule has 3 aromatic carbocycles. The molecule has 3 aromatic rings. The number of amides is 2. The largest absolute Gasteiger partial charge is 0.483 e. The molecule has 2 amide bonds. The van der Waals surface area contributed by atoms with Crippen molar-refractivity contribution < 1.29 is 23.9 Å². The number of esters is 1. The van der Waals surface area contributed by atoms with Gasteiger partial charge in [0.15, 0.2) is 6.61 Å². The van der Waals surface area contributed by atoms with Crippen molar-refractivity contribution in [3.05, 3.63) is 89.0 Å². The summed E-state index contributed by atoms with van der Waals surface area (Å²) >= 11 is 0. The van der Waals surface area contributed by atoms with Gasteiger partial charge in [0.2, 0.25) is 0 Å². The number of anilines is 1. The van der Waals surface area contributed by atoms with Crippen LogP contribution in [0.1, 0.15) is 54.7 Å². The highest BCUT2D eigenvalue weighted by atomic mass is 16.5. The second kappa shape index (κ2) is 11.5. The van der Waals surface area contributed by atoms with E-state index < -0.39 is 5.97 Å². The van der Waals surface area contributed by atoms with Crippen LogP contribution in [-0.4, -0.2) is 24.4 Å². The third kappa shape index (κ3) is 7.70.